The van der Waals surface area contributed by atoms with Crippen molar-refractivity contribution in [2.24, 2.45) is 0 Å². The molecule has 0 bridgehead atoms. The molecule has 1 aromatic heterocycles. The molecular weight excluding hydrogens is 382 g/mol. The van der Waals surface area contributed by atoms with E-state index in [4.69, 9.17) is 11.6 Å². The van der Waals surface area contributed by atoms with E-state index in [1.54, 1.807) is 0 Å². The number of halogens is 1. The molecule has 3 aromatic carbocycles. The van der Waals surface area contributed by atoms with Crippen LogP contribution in [0.4, 0.5) is 5.69 Å². The predicted molar refractivity (Wildman–Crippen MR) is 115 cm³/mol. The number of hydrogen-bond acceptors (Lipinski definition) is 2. The molecule has 1 N–H and O–H groups in total. The van der Waals surface area contributed by atoms with Crippen LogP contribution in [0.25, 0.3) is 11.3 Å². The molecule has 1 amide bonds. The van der Waals surface area contributed by atoms with Crippen molar-refractivity contribution in [1.29, 1.82) is 0 Å². The Bertz CT molecular complexity index is 1180. The zero-order valence-corrected chi connectivity index (χ0v) is 16.5. The van der Waals surface area contributed by atoms with Crippen LogP contribution in [0.15, 0.2) is 78.9 Å². The maximum Gasteiger partial charge on any atom is 0.277 e. The zero-order chi connectivity index (χ0) is 20.0. The lowest BCUT2D eigenvalue weighted by molar-refractivity contribution is 0.0989. The molecule has 142 valence electrons. The highest BCUT2D eigenvalue weighted by atomic mass is 35.5. The number of aryl methyl sites for hydroxylation is 1. The fraction of sp³-hybridized carbons (Fsp3) is 0.0833. The summed E-state index contributed by atoms with van der Waals surface area (Å²) in [4.78, 5) is 15.2. The first-order valence-corrected chi connectivity index (χ1v) is 9.80. The van der Waals surface area contributed by atoms with Gasteiger partial charge in [-0.25, -0.2) is 0 Å². The number of rotatable bonds is 3. The van der Waals surface area contributed by atoms with E-state index in [2.05, 4.69) is 29.3 Å². The number of hydrogen-bond donors (Lipinski definition) is 1. The van der Waals surface area contributed by atoms with E-state index in [0.29, 0.717) is 10.7 Å². The number of anilines is 1. The first kappa shape index (κ1) is 17.7. The molecule has 0 saturated carbocycles. The minimum absolute atomic E-state index is 0.0861. The fourth-order valence-corrected chi connectivity index (χ4v) is 4.02. The molecule has 1 aliphatic rings. The summed E-state index contributed by atoms with van der Waals surface area (Å²) in [6, 6.07) is 25.3. The van der Waals surface area contributed by atoms with Gasteiger partial charge in [-0.2, -0.15) is 5.10 Å². The van der Waals surface area contributed by atoms with Crippen LogP contribution in [0.5, 0.6) is 0 Å². The number of fused-ring (bicyclic) bond motifs is 1. The molecule has 2 heterocycles. The molecule has 5 heteroatoms. The molecule has 29 heavy (non-hydrogen) atoms. The Morgan fingerprint density at radius 3 is 2.31 bits per heavy atom. The highest BCUT2D eigenvalue weighted by molar-refractivity contribution is 6.30. The van der Waals surface area contributed by atoms with Crippen molar-refractivity contribution in [2.75, 3.05) is 4.90 Å². The van der Waals surface area contributed by atoms with Crippen molar-refractivity contribution in [3.05, 3.63) is 106 Å². The van der Waals surface area contributed by atoms with Crippen LogP contribution < -0.4 is 4.90 Å². The summed E-state index contributed by atoms with van der Waals surface area (Å²) < 4.78 is 0. The lowest BCUT2D eigenvalue weighted by atomic mass is 9.95. The summed E-state index contributed by atoms with van der Waals surface area (Å²) in [7, 11) is 0. The van der Waals surface area contributed by atoms with Crippen LogP contribution in [0.1, 0.15) is 33.2 Å². The average Bonchev–Trinajstić information content (AvgIpc) is 3.29. The number of para-hydroxylation sites is 1. The van der Waals surface area contributed by atoms with Gasteiger partial charge in [-0.1, -0.05) is 71.8 Å². The van der Waals surface area contributed by atoms with Gasteiger partial charge in [0.1, 0.15) is 5.69 Å². The average molecular weight is 400 g/mol. The number of H-pyrrole nitrogens is 1. The first-order chi connectivity index (χ1) is 14.1. The molecule has 1 unspecified atom stereocenters. The van der Waals surface area contributed by atoms with Gasteiger partial charge in [0, 0.05) is 21.8 Å². The van der Waals surface area contributed by atoms with Gasteiger partial charge in [0.2, 0.25) is 0 Å². The number of aromatic amines is 1. The van der Waals surface area contributed by atoms with E-state index < -0.39 is 0 Å². The normalized spacial score (nSPS) is 15.6. The summed E-state index contributed by atoms with van der Waals surface area (Å²) in [6.45, 7) is 2.05. The lowest BCUT2D eigenvalue weighted by Crippen LogP contribution is -2.29. The zero-order valence-electron chi connectivity index (χ0n) is 15.8. The van der Waals surface area contributed by atoms with Crippen molar-refractivity contribution in [3.8, 4) is 11.3 Å². The van der Waals surface area contributed by atoms with Gasteiger partial charge in [0.25, 0.3) is 5.91 Å². The Morgan fingerprint density at radius 2 is 1.62 bits per heavy atom. The molecule has 1 aliphatic heterocycles. The molecular formula is C24H18ClN3O. The number of amides is 1. The third-order valence-electron chi connectivity index (χ3n) is 5.31. The maximum absolute atomic E-state index is 13.4. The van der Waals surface area contributed by atoms with Crippen LogP contribution in [0.2, 0.25) is 5.02 Å². The van der Waals surface area contributed by atoms with Gasteiger partial charge in [-0.15, -0.1) is 0 Å². The Hall–Kier alpha value is -3.37. The van der Waals surface area contributed by atoms with Gasteiger partial charge in [0.15, 0.2) is 0 Å². The van der Waals surface area contributed by atoms with Crippen molar-refractivity contribution >= 4 is 23.2 Å². The molecule has 0 saturated heterocycles. The quantitative estimate of drug-likeness (QED) is 0.474. The minimum atomic E-state index is -0.285. The topological polar surface area (TPSA) is 49.0 Å². The summed E-state index contributed by atoms with van der Waals surface area (Å²) in [5, 5.41) is 8.17. The van der Waals surface area contributed by atoms with E-state index >= 15 is 0 Å². The Kier molecular flexibility index (Phi) is 4.22. The number of benzene rings is 3. The third kappa shape index (κ3) is 2.93. The van der Waals surface area contributed by atoms with Crippen molar-refractivity contribution in [3.63, 3.8) is 0 Å². The number of nitrogens with one attached hydrogen (secondary N) is 1. The van der Waals surface area contributed by atoms with Gasteiger partial charge in [-0.05, 0) is 36.8 Å². The van der Waals surface area contributed by atoms with Crippen LogP contribution in [0.3, 0.4) is 0 Å². The Balaban J connectivity index is 1.72. The standard InChI is InChI=1S/C24H18ClN3O/c1-15-7-9-16(10-8-15)21-20-22(27-26-21)24(29)28(19-5-3-2-4-6-19)23(20)17-11-13-18(25)14-12-17/h2-14,23H,1H3,(H,26,27). The minimum Gasteiger partial charge on any atom is -0.295 e. The molecule has 0 radical (unpaired) electrons. The smallest absolute Gasteiger partial charge is 0.277 e. The van der Waals surface area contributed by atoms with Crippen molar-refractivity contribution in [2.45, 2.75) is 13.0 Å². The van der Waals surface area contributed by atoms with Gasteiger partial charge < -0.3 is 0 Å². The van der Waals surface area contributed by atoms with E-state index in [1.165, 1.54) is 5.56 Å². The van der Waals surface area contributed by atoms with Crippen LogP contribution in [0, 0.1) is 6.92 Å². The van der Waals surface area contributed by atoms with Crippen LogP contribution in [-0.4, -0.2) is 16.1 Å². The predicted octanol–water partition coefficient (Wildman–Crippen LogP) is 5.79. The summed E-state index contributed by atoms with van der Waals surface area (Å²) in [5.74, 6) is -0.0861. The summed E-state index contributed by atoms with van der Waals surface area (Å²) >= 11 is 6.12. The lowest BCUT2D eigenvalue weighted by Gasteiger charge is -2.26. The van der Waals surface area contributed by atoms with Crippen molar-refractivity contribution in [1.82, 2.24) is 10.2 Å². The van der Waals surface area contributed by atoms with E-state index in [9.17, 15) is 4.79 Å². The van der Waals surface area contributed by atoms with E-state index in [0.717, 1.165) is 28.1 Å². The third-order valence-corrected chi connectivity index (χ3v) is 5.57. The molecule has 4 aromatic rings. The SMILES string of the molecule is Cc1ccc(-c2n[nH]c3c2C(c2ccc(Cl)cc2)N(c2ccccc2)C3=O)cc1. The fourth-order valence-electron chi connectivity index (χ4n) is 3.89. The van der Waals surface area contributed by atoms with Crippen LogP contribution in [-0.2, 0) is 0 Å². The molecule has 0 aliphatic carbocycles. The number of carbonyl (C=O) groups is 1. The second kappa shape index (κ2) is 6.90. The van der Waals surface area contributed by atoms with Gasteiger partial charge >= 0.3 is 0 Å². The molecule has 4 nitrogen and oxygen atoms in total. The van der Waals surface area contributed by atoms with Gasteiger partial charge in [-0.3, -0.25) is 14.8 Å². The molecule has 1 atom stereocenters. The highest BCUT2D eigenvalue weighted by Gasteiger charge is 2.42. The maximum atomic E-state index is 13.4. The monoisotopic (exact) mass is 399 g/mol. The van der Waals surface area contributed by atoms with E-state index in [-0.39, 0.29) is 11.9 Å². The van der Waals surface area contributed by atoms with Crippen molar-refractivity contribution < 1.29 is 4.79 Å². The molecule has 0 fully saturated rings. The Labute approximate surface area is 173 Å². The number of aromatic nitrogens is 2. The first-order valence-electron chi connectivity index (χ1n) is 9.43. The van der Waals surface area contributed by atoms with Crippen LogP contribution >= 0.6 is 11.6 Å². The highest BCUT2D eigenvalue weighted by Crippen LogP contribution is 2.45. The summed E-state index contributed by atoms with van der Waals surface area (Å²) in [5.41, 5.74) is 6.21. The largest absolute Gasteiger partial charge is 0.295 e. The second-order valence-corrected chi connectivity index (χ2v) is 7.63. The second-order valence-electron chi connectivity index (χ2n) is 7.19. The molecule has 0 spiro atoms. The Morgan fingerprint density at radius 1 is 0.931 bits per heavy atom. The number of carbonyl (C=O) groups excluding carboxylic acids is 1. The summed E-state index contributed by atoms with van der Waals surface area (Å²) in [6.07, 6.45) is 0. The van der Waals surface area contributed by atoms with E-state index in [1.807, 2.05) is 71.6 Å². The molecule has 5 rings (SSSR count). The number of nitrogens with zero attached hydrogens (tertiary/aromatic N) is 2. The van der Waals surface area contributed by atoms with Gasteiger partial charge in [0.05, 0.1) is 11.7 Å².